The van der Waals surface area contributed by atoms with Crippen LogP contribution >= 0.6 is 0 Å². The quantitative estimate of drug-likeness (QED) is 0.934. The van der Waals surface area contributed by atoms with E-state index < -0.39 is 0 Å². The number of nitrogens with two attached hydrogens (primary N) is 1. The Hall–Kier alpha value is -2.00. The maximum Gasteiger partial charge on any atom is 0.161 e. The molecular formula is C18H21NO2. The van der Waals surface area contributed by atoms with E-state index in [0.29, 0.717) is 13.2 Å². The molecule has 0 spiro atoms. The van der Waals surface area contributed by atoms with Gasteiger partial charge in [0.1, 0.15) is 13.2 Å². The number of aryl methyl sites for hydroxylation is 1. The highest BCUT2D eigenvalue weighted by molar-refractivity contribution is 5.46. The third-order valence-electron chi connectivity index (χ3n) is 3.80. The first-order valence-electron chi connectivity index (χ1n) is 7.52. The van der Waals surface area contributed by atoms with Crippen molar-refractivity contribution in [3.63, 3.8) is 0 Å². The fourth-order valence-electron chi connectivity index (χ4n) is 2.63. The van der Waals surface area contributed by atoms with Crippen molar-refractivity contribution in [3.05, 3.63) is 59.2 Å². The number of rotatable bonds is 4. The molecule has 1 unspecified atom stereocenters. The average Bonchev–Trinajstić information content (AvgIpc) is 2.55. The van der Waals surface area contributed by atoms with E-state index in [1.165, 1.54) is 5.56 Å². The normalized spacial score (nSPS) is 14.8. The monoisotopic (exact) mass is 283 g/mol. The molecule has 0 amide bonds. The van der Waals surface area contributed by atoms with Gasteiger partial charge in [-0.3, -0.25) is 0 Å². The van der Waals surface area contributed by atoms with Gasteiger partial charge in [0.15, 0.2) is 11.5 Å². The van der Waals surface area contributed by atoms with Gasteiger partial charge < -0.3 is 15.2 Å². The molecule has 2 N–H and O–H groups in total. The molecule has 0 saturated carbocycles. The Morgan fingerprint density at radius 1 is 0.952 bits per heavy atom. The molecule has 0 aliphatic carbocycles. The van der Waals surface area contributed by atoms with E-state index in [2.05, 4.69) is 31.2 Å². The molecule has 2 aromatic rings. The first-order valence-corrected chi connectivity index (χ1v) is 7.52. The van der Waals surface area contributed by atoms with Crippen LogP contribution in [0.3, 0.4) is 0 Å². The molecule has 3 nitrogen and oxygen atoms in total. The highest BCUT2D eigenvalue weighted by Gasteiger charge is 2.15. The van der Waals surface area contributed by atoms with E-state index >= 15 is 0 Å². The van der Waals surface area contributed by atoms with Crippen molar-refractivity contribution in [1.29, 1.82) is 0 Å². The molecular weight excluding hydrogens is 262 g/mol. The van der Waals surface area contributed by atoms with Crippen molar-refractivity contribution in [2.45, 2.75) is 25.8 Å². The largest absolute Gasteiger partial charge is 0.486 e. The Bertz CT molecular complexity index is 607. The molecule has 0 fully saturated rings. The third-order valence-corrected chi connectivity index (χ3v) is 3.80. The zero-order valence-corrected chi connectivity index (χ0v) is 12.3. The third kappa shape index (κ3) is 3.03. The van der Waals surface area contributed by atoms with Crippen LogP contribution in [0.15, 0.2) is 42.5 Å². The van der Waals surface area contributed by atoms with Crippen LogP contribution in [0.5, 0.6) is 11.5 Å². The highest BCUT2D eigenvalue weighted by atomic mass is 16.6. The molecule has 21 heavy (non-hydrogen) atoms. The Morgan fingerprint density at radius 3 is 2.33 bits per heavy atom. The second-order valence-electron chi connectivity index (χ2n) is 5.37. The molecule has 110 valence electrons. The van der Waals surface area contributed by atoms with E-state index in [-0.39, 0.29) is 6.04 Å². The van der Waals surface area contributed by atoms with Gasteiger partial charge >= 0.3 is 0 Å². The summed E-state index contributed by atoms with van der Waals surface area (Å²) >= 11 is 0. The van der Waals surface area contributed by atoms with Gasteiger partial charge in [-0.2, -0.15) is 0 Å². The summed E-state index contributed by atoms with van der Waals surface area (Å²) in [6.07, 6.45) is 2.27. The van der Waals surface area contributed by atoms with E-state index in [9.17, 15) is 0 Å². The summed E-state index contributed by atoms with van der Waals surface area (Å²) in [5, 5.41) is 0. The van der Waals surface area contributed by atoms with E-state index in [0.717, 1.165) is 35.5 Å². The molecule has 1 heterocycles. The van der Waals surface area contributed by atoms with Crippen molar-refractivity contribution in [2.75, 3.05) is 13.2 Å². The summed E-state index contributed by atoms with van der Waals surface area (Å²) < 4.78 is 11.2. The van der Waals surface area contributed by atoms with Crippen LogP contribution in [0.4, 0.5) is 0 Å². The van der Waals surface area contributed by atoms with Gasteiger partial charge in [-0.15, -0.1) is 0 Å². The standard InChI is InChI=1S/C18H21NO2/c1-2-3-13-4-6-14(7-5-13)18(19)15-8-9-16-17(12-15)21-11-10-20-16/h4-9,12,18H,2-3,10-11,19H2,1H3. The second kappa shape index (κ2) is 6.19. The number of ether oxygens (including phenoxy) is 2. The van der Waals surface area contributed by atoms with Crippen LogP contribution in [-0.2, 0) is 6.42 Å². The lowest BCUT2D eigenvalue weighted by molar-refractivity contribution is 0.171. The van der Waals surface area contributed by atoms with Gasteiger partial charge in [0.05, 0.1) is 6.04 Å². The number of fused-ring (bicyclic) bond motifs is 1. The fraction of sp³-hybridized carbons (Fsp3) is 0.333. The van der Waals surface area contributed by atoms with Crippen molar-refractivity contribution in [2.24, 2.45) is 5.73 Å². The predicted octanol–water partition coefficient (Wildman–Crippen LogP) is 3.46. The summed E-state index contributed by atoms with van der Waals surface area (Å²) in [5.74, 6) is 1.59. The Kier molecular flexibility index (Phi) is 4.11. The van der Waals surface area contributed by atoms with Gasteiger partial charge in [0, 0.05) is 0 Å². The molecule has 3 rings (SSSR count). The number of benzene rings is 2. The number of hydrogen-bond acceptors (Lipinski definition) is 3. The predicted molar refractivity (Wildman–Crippen MR) is 83.9 cm³/mol. The van der Waals surface area contributed by atoms with Gasteiger partial charge in [-0.1, -0.05) is 43.7 Å². The van der Waals surface area contributed by atoms with E-state index in [1.807, 2.05) is 18.2 Å². The molecule has 0 aromatic heterocycles. The van der Waals surface area contributed by atoms with Crippen LogP contribution in [0.25, 0.3) is 0 Å². The lowest BCUT2D eigenvalue weighted by Crippen LogP contribution is -2.17. The number of hydrogen-bond donors (Lipinski definition) is 1. The topological polar surface area (TPSA) is 44.5 Å². The maximum absolute atomic E-state index is 6.38. The molecule has 3 heteroatoms. The van der Waals surface area contributed by atoms with Crippen LogP contribution in [-0.4, -0.2) is 13.2 Å². The smallest absolute Gasteiger partial charge is 0.161 e. The Labute approximate surface area is 125 Å². The van der Waals surface area contributed by atoms with Gasteiger partial charge in [0.25, 0.3) is 0 Å². The van der Waals surface area contributed by atoms with Crippen molar-refractivity contribution in [1.82, 2.24) is 0 Å². The van der Waals surface area contributed by atoms with Gasteiger partial charge in [0.2, 0.25) is 0 Å². The summed E-state index contributed by atoms with van der Waals surface area (Å²) in [7, 11) is 0. The molecule has 2 aromatic carbocycles. The minimum atomic E-state index is -0.142. The molecule has 1 aliphatic heterocycles. The van der Waals surface area contributed by atoms with Crippen LogP contribution in [0.1, 0.15) is 36.1 Å². The Balaban J connectivity index is 1.82. The maximum atomic E-state index is 6.38. The first kappa shape index (κ1) is 14.0. The fourth-order valence-corrected chi connectivity index (χ4v) is 2.63. The van der Waals surface area contributed by atoms with Crippen LogP contribution in [0.2, 0.25) is 0 Å². The molecule has 1 aliphatic rings. The Morgan fingerprint density at radius 2 is 1.62 bits per heavy atom. The molecule has 0 saturated heterocycles. The lowest BCUT2D eigenvalue weighted by Gasteiger charge is -2.20. The highest BCUT2D eigenvalue weighted by Crippen LogP contribution is 2.33. The van der Waals surface area contributed by atoms with Crippen molar-refractivity contribution >= 4 is 0 Å². The minimum Gasteiger partial charge on any atom is -0.486 e. The minimum absolute atomic E-state index is 0.142. The summed E-state index contributed by atoms with van der Waals surface area (Å²) in [5.41, 5.74) is 9.90. The molecule has 1 atom stereocenters. The van der Waals surface area contributed by atoms with E-state index in [1.54, 1.807) is 0 Å². The van der Waals surface area contributed by atoms with Crippen LogP contribution < -0.4 is 15.2 Å². The summed E-state index contributed by atoms with van der Waals surface area (Å²) in [4.78, 5) is 0. The average molecular weight is 283 g/mol. The van der Waals surface area contributed by atoms with Crippen molar-refractivity contribution in [3.8, 4) is 11.5 Å². The second-order valence-corrected chi connectivity index (χ2v) is 5.37. The molecule has 0 bridgehead atoms. The summed E-state index contributed by atoms with van der Waals surface area (Å²) in [6.45, 7) is 3.39. The first-order chi connectivity index (χ1) is 10.3. The zero-order valence-electron chi connectivity index (χ0n) is 12.3. The molecule has 0 radical (unpaired) electrons. The summed E-state index contributed by atoms with van der Waals surface area (Å²) in [6, 6.07) is 14.4. The SMILES string of the molecule is CCCc1ccc(C(N)c2ccc3c(c2)OCCO3)cc1. The van der Waals surface area contributed by atoms with Gasteiger partial charge in [-0.25, -0.2) is 0 Å². The zero-order chi connectivity index (χ0) is 14.7. The van der Waals surface area contributed by atoms with E-state index in [4.69, 9.17) is 15.2 Å². The lowest BCUT2D eigenvalue weighted by atomic mass is 9.97. The van der Waals surface area contributed by atoms with Gasteiger partial charge in [-0.05, 0) is 35.2 Å². The van der Waals surface area contributed by atoms with Crippen molar-refractivity contribution < 1.29 is 9.47 Å². The van der Waals surface area contributed by atoms with Crippen LogP contribution in [0, 0.1) is 0 Å².